The second-order valence-corrected chi connectivity index (χ2v) is 16.9. The monoisotopic (exact) mass is 821 g/mol. The van der Waals surface area contributed by atoms with E-state index in [-0.39, 0.29) is 5.41 Å². The maximum Gasteiger partial charge on any atom is 0.0639 e. The quantitative estimate of drug-likeness (QED) is 0.120. The van der Waals surface area contributed by atoms with Crippen LogP contribution >= 0.6 is 0 Å². The summed E-state index contributed by atoms with van der Waals surface area (Å²) >= 11 is 0. The standard InChI is InChI=1S/C26H24.C20H18.C15H16.C2H6/c1-19-16-17-23-22-14-8-9-15-24(22)26(25(23)18-19,20-10-4-2-5-11-20)21-12-6-3-7-13-21;1-3-8-15(2)13-17-14-16-9-4-5-10-18(16)20-12-7-6-11-19(17)20;1-11-8-6-10-15(13(11)3)14-9-5-4-7-12(14)2;1-2/h2-6,8-12,14-17,19H,7,13,18H2,1H3;3-14H,1-2H3;4-10H,1-3H3;1-2H3/b;8-3-,15-13-;;. The summed E-state index contributed by atoms with van der Waals surface area (Å²) in [6, 6.07) is 54.8. The Morgan fingerprint density at radius 3 is 2.02 bits per heavy atom. The highest BCUT2D eigenvalue weighted by Crippen LogP contribution is 2.59. The molecule has 63 heavy (non-hydrogen) atoms. The Hall–Kier alpha value is -6.50. The highest BCUT2D eigenvalue weighted by atomic mass is 14.5. The molecule has 7 aromatic rings. The molecule has 3 aliphatic rings. The maximum absolute atomic E-state index is 2.38. The van der Waals surface area contributed by atoms with Crippen LogP contribution in [-0.2, 0) is 5.41 Å². The second-order valence-electron chi connectivity index (χ2n) is 16.9. The van der Waals surface area contributed by atoms with Crippen LogP contribution in [0.4, 0.5) is 0 Å². The number of hydrogen-bond donors (Lipinski definition) is 0. The van der Waals surface area contributed by atoms with Crippen molar-refractivity contribution in [3.8, 4) is 11.1 Å². The van der Waals surface area contributed by atoms with Crippen molar-refractivity contribution >= 4 is 33.2 Å². The zero-order chi connectivity index (χ0) is 44.3. The summed E-state index contributed by atoms with van der Waals surface area (Å²) in [5.74, 6) is 0.589. The van der Waals surface area contributed by atoms with E-state index in [1.807, 2.05) is 13.8 Å². The molecule has 0 spiro atoms. The van der Waals surface area contributed by atoms with Crippen molar-refractivity contribution in [1.82, 2.24) is 0 Å². The first kappa shape index (κ1) is 44.6. The third kappa shape index (κ3) is 9.19. The fourth-order valence-corrected chi connectivity index (χ4v) is 9.84. The van der Waals surface area contributed by atoms with Crippen molar-refractivity contribution in [2.75, 3.05) is 0 Å². The molecule has 2 unspecified atom stereocenters. The van der Waals surface area contributed by atoms with Gasteiger partial charge < -0.3 is 0 Å². The normalized spacial score (nSPS) is 17.5. The van der Waals surface area contributed by atoms with E-state index in [1.54, 1.807) is 11.1 Å². The second kappa shape index (κ2) is 20.6. The Labute approximate surface area is 378 Å². The van der Waals surface area contributed by atoms with Gasteiger partial charge in [-0.25, -0.2) is 0 Å². The van der Waals surface area contributed by atoms with E-state index >= 15 is 0 Å². The third-order valence-corrected chi connectivity index (χ3v) is 12.9. The van der Waals surface area contributed by atoms with Crippen LogP contribution in [0.5, 0.6) is 0 Å². The van der Waals surface area contributed by atoms with Crippen molar-refractivity contribution in [2.24, 2.45) is 5.92 Å². The van der Waals surface area contributed by atoms with E-state index in [0.717, 1.165) is 19.3 Å². The lowest BCUT2D eigenvalue weighted by Gasteiger charge is -2.39. The van der Waals surface area contributed by atoms with Gasteiger partial charge in [-0.15, -0.1) is 0 Å². The van der Waals surface area contributed by atoms with Crippen molar-refractivity contribution in [3.05, 3.63) is 250 Å². The van der Waals surface area contributed by atoms with Gasteiger partial charge in [-0.05, 0) is 149 Å². The molecule has 0 heteroatoms. The number of allylic oxidation sites excluding steroid dienone is 11. The largest absolute Gasteiger partial charge is 0.0874 e. The van der Waals surface area contributed by atoms with Crippen molar-refractivity contribution in [1.29, 1.82) is 0 Å². The lowest BCUT2D eigenvalue weighted by Crippen LogP contribution is -2.32. The summed E-state index contributed by atoms with van der Waals surface area (Å²) in [6.07, 6.45) is 21.6. The zero-order valence-electron chi connectivity index (χ0n) is 38.8. The van der Waals surface area contributed by atoms with Crippen molar-refractivity contribution < 1.29 is 0 Å². The molecule has 0 heterocycles. The van der Waals surface area contributed by atoms with Gasteiger partial charge in [-0.2, -0.15) is 0 Å². The molecule has 0 N–H and O–H groups in total. The predicted molar refractivity (Wildman–Crippen MR) is 277 cm³/mol. The highest BCUT2D eigenvalue weighted by molar-refractivity contribution is 6.11. The molecular weight excluding hydrogens is 757 g/mol. The Morgan fingerprint density at radius 1 is 0.651 bits per heavy atom. The van der Waals surface area contributed by atoms with Crippen molar-refractivity contribution in [2.45, 2.75) is 80.1 Å². The van der Waals surface area contributed by atoms with E-state index in [2.05, 4.69) is 242 Å². The van der Waals surface area contributed by atoms with Gasteiger partial charge in [0.15, 0.2) is 0 Å². The highest BCUT2D eigenvalue weighted by Gasteiger charge is 2.48. The van der Waals surface area contributed by atoms with Crippen LogP contribution in [0.3, 0.4) is 0 Å². The molecule has 2 atom stereocenters. The molecule has 0 nitrogen and oxygen atoms in total. The first-order chi connectivity index (χ1) is 30.8. The average Bonchev–Trinajstić information content (AvgIpc) is 3.62. The molecule has 0 fully saturated rings. The van der Waals surface area contributed by atoms with Gasteiger partial charge in [0.1, 0.15) is 0 Å². The molecule has 7 aromatic carbocycles. The fraction of sp³-hybridized carbons (Fsp3) is 0.206. The lowest BCUT2D eigenvalue weighted by molar-refractivity contribution is 0.596. The Kier molecular flexibility index (Phi) is 14.6. The van der Waals surface area contributed by atoms with Gasteiger partial charge >= 0.3 is 0 Å². The topological polar surface area (TPSA) is 0 Å². The summed E-state index contributed by atoms with van der Waals surface area (Å²) in [4.78, 5) is 0. The predicted octanol–water partition coefficient (Wildman–Crippen LogP) is 17.9. The minimum atomic E-state index is -0.100. The van der Waals surface area contributed by atoms with Gasteiger partial charge in [0, 0.05) is 0 Å². The van der Waals surface area contributed by atoms with E-state index in [9.17, 15) is 0 Å². The van der Waals surface area contributed by atoms with Crippen LogP contribution in [0.15, 0.2) is 211 Å². The van der Waals surface area contributed by atoms with Crippen LogP contribution in [0.25, 0.3) is 44.3 Å². The number of hydrogen-bond acceptors (Lipinski definition) is 0. The molecule has 0 aliphatic heterocycles. The van der Waals surface area contributed by atoms with E-state index in [0.29, 0.717) is 5.92 Å². The van der Waals surface area contributed by atoms with Crippen LogP contribution in [0.1, 0.15) is 92.8 Å². The Bertz CT molecular complexity index is 2890. The smallest absolute Gasteiger partial charge is 0.0639 e. The average molecular weight is 821 g/mol. The van der Waals surface area contributed by atoms with E-state index in [1.165, 1.54) is 82.8 Å². The van der Waals surface area contributed by atoms with Crippen LogP contribution in [0, 0.1) is 26.7 Å². The number of rotatable bonds is 5. The summed E-state index contributed by atoms with van der Waals surface area (Å²) in [5, 5.41) is 5.26. The van der Waals surface area contributed by atoms with Gasteiger partial charge in [-0.1, -0.05) is 226 Å². The van der Waals surface area contributed by atoms with Gasteiger partial charge in [0.25, 0.3) is 0 Å². The molecule has 3 aliphatic carbocycles. The van der Waals surface area contributed by atoms with Crippen LogP contribution in [0.2, 0.25) is 0 Å². The minimum Gasteiger partial charge on any atom is -0.0874 e. The molecule has 0 aromatic heterocycles. The molecule has 0 radical (unpaired) electrons. The molecule has 0 amide bonds. The summed E-state index contributed by atoms with van der Waals surface area (Å²) in [5.41, 5.74) is 18.1. The lowest BCUT2D eigenvalue weighted by atomic mass is 9.63. The summed E-state index contributed by atoms with van der Waals surface area (Å²) < 4.78 is 0. The molecule has 0 saturated heterocycles. The summed E-state index contributed by atoms with van der Waals surface area (Å²) in [7, 11) is 0. The first-order valence-electron chi connectivity index (χ1n) is 23.1. The number of benzene rings is 7. The molecule has 0 bridgehead atoms. The minimum absolute atomic E-state index is 0.100. The Morgan fingerprint density at radius 2 is 1.29 bits per heavy atom. The maximum atomic E-state index is 2.38. The molecular formula is C63H64. The molecule has 316 valence electrons. The van der Waals surface area contributed by atoms with Crippen molar-refractivity contribution in [3.63, 3.8) is 0 Å². The number of fused-ring (bicyclic) bond motifs is 5. The molecule has 10 rings (SSSR count). The molecule has 0 saturated carbocycles. The van der Waals surface area contributed by atoms with E-state index in [4.69, 9.17) is 0 Å². The zero-order valence-corrected chi connectivity index (χ0v) is 38.8. The summed E-state index contributed by atoms with van der Waals surface area (Å²) in [6.45, 7) is 17.1. The SMILES string of the molecule is C/C=C\C(C)=C/c1cc2ccccc2c2ccccc12.CC.CC1C=CC2=C(C1)C(C1=CC=CCC1)(c1ccccc1)c1ccccc12.Cc1ccccc1-c1cccc(C)c1C. The number of aryl methyl sites for hydroxylation is 2. The third-order valence-electron chi connectivity index (χ3n) is 12.9. The van der Waals surface area contributed by atoms with Gasteiger partial charge in [-0.3, -0.25) is 0 Å². The van der Waals surface area contributed by atoms with Crippen LogP contribution in [-0.4, -0.2) is 0 Å². The fourth-order valence-electron chi connectivity index (χ4n) is 9.84. The van der Waals surface area contributed by atoms with Gasteiger partial charge in [0.2, 0.25) is 0 Å². The first-order valence-corrected chi connectivity index (χ1v) is 23.1. The Balaban J connectivity index is 0.000000144. The van der Waals surface area contributed by atoms with Gasteiger partial charge in [0.05, 0.1) is 5.41 Å². The van der Waals surface area contributed by atoms with Crippen LogP contribution < -0.4 is 0 Å². The van der Waals surface area contributed by atoms with E-state index < -0.39 is 0 Å².